The summed E-state index contributed by atoms with van der Waals surface area (Å²) < 4.78 is 11.8. The van der Waals surface area contributed by atoms with Crippen LogP contribution in [0.25, 0.3) is 0 Å². The molecule has 1 fully saturated rings. The van der Waals surface area contributed by atoms with Crippen LogP contribution in [0.4, 0.5) is 0 Å². The molecule has 1 saturated carbocycles. The van der Waals surface area contributed by atoms with Crippen molar-refractivity contribution in [3.8, 4) is 11.5 Å². The minimum Gasteiger partial charge on any atom is -0.493 e. The number of benzene rings is 2. The Hall–Kier alpha value is -2.49. The maximum absolute atomic E-state index is 11.8. The van der Waals surface area contributed by atoms with E-state index in [0.29, 0.717) is 24.6 Å². The topological polar surface area (TPSA) is 84.0 Å². The number of methoxy groups -OCH3 is 1. The Labute approximate surface area is 207 Å². The summed E-state index contributed by atoms with van der Waals surface area (Å²) >= 11 is 0. The number of aliphatic imine (C=N–C) groups is 1. The third-order valence-electron chi connectivity index (χ3n) is 5.41. The molecule has 0 bridgehead atoms. The van der Waals surface area contributed by atoms with Gasteiger partial charge in [0.2, 0.25) is 0 Å². The Morgan fingerprint density at radius 3 is 2.50 bits per heavy atom. The van der Waals surface area contributed by atoms with Gasteiger partial charge in [0.05, 0.1) is 13.2 Å². The molecule has 0 aromatic heterocycles. The Morgan fingerprint density at radius 2 is 1.81 bits per heavy atom. The molecule has 2 aromatic carbocycles. The SMILES string of the molecule is CN=C(NCc1cccc(C(=O)NC)c1)NCc1cccc(OC)c1OC1CCCC1.I. The normalized spacial score (nSPS) is 13.8. The molecule has 0 aliphatic heterocycles. The van der Waals surface area contributed by atoms with Gasteiger partial charge in [-0.25, -0.2) is 0 Å². The lowest BCUT2D eigenvalue weighted by molar-refractivity contribution is 0.0963. The van der Waals surface area contributed by atoms with Crippen molar-refractivity contribution in [1.82, 2.24) is 16.0 Å². The summed E-state index contributed by atoms with van der Waals surface area (Å²) in [5.41, 5.74) is 2.65. The number of nitrogens with zero attached hydrogens (tertiary/aromatic N) is 1. The monoisotopic (exact) mass is 552 g/mol. The van der Waals surface area contributed by atoms with Gasteiger partial charge in [0.1, 0.15) is 0 Å². The van der Waals surface area contributed by atoms with Gasteiger partial charge in [0.15, 0.2) is 17.5 Å². The van der Waals surface area contributed by atoms with Crippen LogP contribution in [-0.2, 0) is 13.1 Å². The van der Waals surface area contributed by atoms with Gasteiger partial charge in [-0.05, 0) is 49.4 Å². The molecule has 0 atom stereocenters. The van der Waals surface area contributed by atoms with Crippen molar-refractivity contribution in [2.75, 3.05) is 21.2 Å². The summed E-state index contributed by atoms with van der Waals surface area (Å²) in [4.78, 5) is 16.1. The summed E-state index contributed by atoms with van der Waals surface area (Å²) in [6.45, 7) is 1.10. The fourth-order valence-electron chi connectivity index (χ4n) is 3.72. The van der Waals surface area contributed by atoms with E-state index in [-0.39, 0.29) is 36.0 Å². The molecule has 1 aliphatic rings. The second-order valence-corrected chi connectivity index (χ2v) is 7.53. The van der Waals surface area contributed by atoms with Gasteiger partial charge in [0.25, 0.3) is 5.91 Å². The predicted molar refractivity (Wildman–Crippen MR) is 138 cm³/mol. The first-order valence-electron chi connectivity index (χ1n) is 10.7. The van der Waals surface area contributed by atoms with Crippen LogP contribution < -0.4 is 25.4 Å². The number of ether oxygens (including phenoxy) is 2. The van der Waals surface area contributed by atoms with Gasteiger partial charge >= 0.3 is 0 Å². The Kier molecular flexibility index (Phi) is 10.6. The maximum atomic E-state index is 11.8. The zero-order valence-corrected chi connectivity index (χ0v) is 21.3. The molecule has 0 heterocycles. The highest BCUT2D eigenvalue weighted by molar-refractivity contribution is 14.0. The van der Waals surface area contributed by atoms with E-state index in [9.17, 15) is 4.79 Å². The number of para-hydroxylation sites is 1. The lowest BCUT2D eigenvalue weighted by atomic mass is 10.1. The van der Waals surface area contributed by atoms with E-state index in [1.165, 1.54) is 12.8 Å². The smallest absolute Gasteiger partial charge is 0.251 e. The van der Waals surface area contributed by atoms with Crippen molar-refractivity contribution < 1.29 is 14.3 Å². The first-order chi connectivity index (χ1) is 15.1. The number of guanidine groups is 1. The maximum Gasteiger partial charge on any atom is 0.251 e. The molecule has 32 heavy (non-hydrogen) atoms. The third-order valence-corrected chi connectivity index (χ3v) is 5.41. The molecule has 0 spiro atoms. The van der Waals surface area contributed by atoms with Gasteiger partial charge in [-0.2, -0.15) is 0 Å². The van der Waals surface area contributed by atoms with Crippen molar-refractivity contribution >= 4 is 35.8 Å². The molecule has 1 aliphatic carbocycles. The molecule has 1 amide bonds. The van der Waals surface area contributed by atoms with Crippen molar-refractivity contribution in [3.63, 3.8) is 0 Å². The molecule has 7 nitrogen and oxygen atoms in total. The number of hydrogen-bond donors (Lipinski definition) is 3. The van der Waals surface area contributed by atoms with Gasteiger partial charge in [-0.15, -0.1) is 24.0 Å². The van der Waals surface area contributed by atoms with E-state index in [2.05, 4.69) is 20.9 Å². The lowest BCUT2D eigenvalue weighted by Crippen LogP contribution is -2.36. The number of carbonyl (C=O) groups excluding carboxylic acids is 1. The van der Waals surface area contributed by atoms with E-state index in [1.54, 1.807) is 27.3 Å². The van der Waals surface area contributed by atoms with Gasteiger partial charge in [-0.1, -0.05) is 24.3 Å². The standard InChI is InChI=1S/C24H32N4O3.HI/c1-25-23(29)18-9-6-8-17(14-18)15-27-24(26-2)28-16-19-10-7-13-21(30-3)22(19)31-20-11-4-5-12-20;/h6-10,13-14,20H,4-5,11-12,15-16H2,1-3H3,(H,25,29)(H2,26,27,28);1H. The highest BCUT2D eigenvalue weighted by atomic mass is 127. The third kappa shape index (κ3) is 7.01. The van der Waals surface area contributed by atoms with Gasteiger partial charge in [-0.3, -0.25) is 9.79 Å². The molecule has 8 heteroatoms. The van der Waals surface area contributed by atoms with Gasteiger partial charge < -0.3 is 25.4 Å². The van der Waals surface area contributed by atoms with Crippen LogP contribution in [0.3, 0.4) is 0 Å². The van der Waals surface area contributed by atoms with E-state index >= 15 is 0 Å². The number of amides is 1. The van der Waals surface area contributed by atoms with E-state index < -0.39 is 0 Å². The number of rotatable bonds is 8. The molecule has 2 aromatic rings. The molecular formula is C24H33IN4O3. The van der Waals surface area contributed by atoms with Gasteiger partial charge in [0, 0.05) is 38.3 Å². The fourth-order valence-corrected chi connectivity index (χ4v) is 3.72. The summed E-state index contributed by atoms with van der Waals surface area (Å²) in [6.07, 6.45) is 4.85. The second kappa shape index (κ2) is 13.1. The Morgan fingerprint density at radius 1 is 1.09 bits per heavy atom. The molecule has 0 radical (unpaired) electrons. The van der Waals surface area contributed by atoms with Crippen molar-refractivity contribution in [3.05, 3.63) is 59.2 Å². The summed E-state index contributed by atoms with van der Waals surface area (Å²) in [6, 6.07) is 13.5. The molecule has 3 N–H and O–H groups in total. The van der Waals surface area contributed by atoms with Crippen LogP contribution in [0, 0.1) is 0 Å². The van der Waals surface area contributed by atoms with Crippen LogP contribution in [0.15, 0.2) is 47.5 Å². The Bertz CT molecular complexity index is 914. The van der Waals surface area contributed by atoms with Crippen LogP contribution in [0.5, 0.6) is 11.5 Å². The fraction of sp³-hybridized carbons (Fsp3) is 0.417. The van der Waals surface area contributed by atoms with Crippen LogP contribution >= 0.6 is 24.0 Å². The quantitative estimate of drug-likeness (QED) is 0.263. The summed E-state index contributed by atoms with van der Waals surface area (Å²) in [5.74, 6) is 2.12. The number of hydrogen-bond acceptors (Lipinski definition) is 4. The van der Waals surface area contributed by atoms with E-state index in [1.807, 2.05) is 36.4 Å². The zero-order chi connectivity index (χ0) is 22.1. The molecular weight excluding hydrogens is 519 g/mol. The highest BCUT2D eigenvalue weighted by Crippen LogP contribution is 2.34. The minimum atomic E-state index is -0.0998. The van der Waals surface area contributed by atoms with Crippen LogP contribution in [0.1, 0.15) is 47.2 Å². The molecule has 0 unspecified atom stereocenters. The van der Waals surface area contributed by atoms with Crippen molar-refractivity contribution in [2.24, 2.45) is 4.99 Å². The van der Waals surface area contributed by atoms with E-state index in [0.717, 1.165) is 35.5 Å². The number of halogens is 1. The zero-order valence-electron chi connectivity index (χ0n) is 18.9. The summed E-state index contributed by atoms with van der Waals surface area (Å²) in [7, 11) is 5.03. The lowest BCUT2D eigenvalue weighted by Gasteiger charge is -2.20. The second-order valence-electron chi connectivity index (χ2n) is 7.53. The number of carbonyl (C=O) groups is 1. The highest BCUT2D eigenvalue weighted by Gasteiger charge is 2.20. The van der Waals surface area contributed by atoms with Crippen molar-refractivity contribution in [1.29, 1.82) is 0 Å². The van der Waals surface area contributed by atoms with Crippen LogP contribution in [-0.4, -0.2) is 39.2 Å². The number of nitrogens with one attached hydrogen (secondary N) is 3. The van der Waals surface area contributed by atoms with E-state index in [4.69, 9.17) is 9.47 Å². The first-order valence-corrected chi connectivity index (χ1v) is 10.7. The van der Waals surface area contributed by atoms with Crippen LogP contribution in [0.2, 0.25) is 0 Å². The Balaban J connectivity index is 0.00000363. The molecule has 0 saturated heterocycles. The minimum absolute atomic E-state index is 0. The average Bonchev–Trinajstić information content (AvgIpc) is 3.32. The first kappa shape index (κ1) is 25.8. The average molecular weight is 552 g/mol. The summed E-state index contributed by atoms with van der Waals surface area (Å²) in [5, 5.41) is 9.29. The van der Waals surface area contributed by atoms with Crippen molar-refractivity contribution in [2.45, 2.75) is 44.9 Å². The largest absolute Gasteiger partial charge is 0.493 e. The predicted octanol–water partition coefficient (Wildman–Crippen LogP) is 3.86. The molecule has 174 valence electrons. The molecule has 3 rings (SSSR count).